The number of benzene rings is 2. The number of hydrogen-bond acceptors (Lipinski definition) is 4. The predicted molar refractivity (Wildman–Crippen MR) is 120 cm³/mol. The van der Waals surface area contributed by atoms with Crippen molar-refractivity contribution in [1.82, 2.24) is 14.6 Å². The van der Waals surface area contributed by atoms with Gasteiger partial charge in [-0.2, -0.15) is 4.98 Å². The predicted octanol–water partition coefficient (Wildman–Crippen LogP) is 6.72. The number of fused-ring (bicyclic) bond motifs is 1. The van der Waals surface area contributed by atoms with E-state index in [1.807, 2.05) is 5.38 Å². The van der Waals surface area contributed by atoms with Crippen LogP contribution < -0.4 is 5.32 Å². The topological polar surface area (TPSA) is 59.3 Å². The van der Waals surface area contributed by atoms with Crippen molar-refractivity contribution in [3.8, 4) is 11.3 Å². The summed E-state index contributed by atoms with van der Waals surface area (Å²) < 4.78 is 1.61. The van der Waals surface area contributed by atoms with E-state index < -0.39 is 0 Å². The van der Waals surface area contributed by atoms with Crippen molar-refractivity contribution >= 4 is 80.6 Å². The van der Waals surface area contributed by atoms with Crippen LogP contribution in [0.2, 0.25) is 20.1 Å². The molecule has 2 aromatic heterocycles. The molecule has 0 unspecified atom stereocenters. The first kappa shape index (κ1) is 20.2. The third kappa shape index (κ3) is 4.42. The minimum Gasteiger partial charge on any atom is -0.290 e. The fourth-order valence-electron chi connectivity index (χ4n) is 2.55. The molecule has 146 valence electrons. The van der Waals surface area contributed by atoms with Crippen molar-refractivity contribution < 1.29 is 4.79 Å². The Hall–Kier alpha value is -2.09. The normalized spacial score (nSPS) is 11.4. The molecule has 5 nitrogen and oxygen atoms in total. The molecule has 2 heterocycles. The standard InChI is InChI=1S/C19H10Cl4N4OS/c20-11-3-5-13(21)12(8-11)16-9-29-19-25-18(26-27(16)19)24-17(28)6-2-10-1-4-14(22)15(23)7-10/h1-9H,(H,24,26,28)/b6-2+. The van der Waals surface area contributed by atoms with Crippen LogP contribution in [-0.4, -0.2) is 20.5 Å². The number of aromatic nitrogens is 3. The molecule has 0 atom stereocenters. The van der Waals surface area contributed by atoms with Crippen molar-refractivity contribution in [3.63, 3.8) is 0 Å². The molecule has 1 N–H and O–H groups in total. The van der Waals surface area contributed by atoms with Crippen molar-refractivity contribution in [2.24, 2.45) is 0 Å². The number of thiazole rings is 1. The minimum absolute atomic E-state index is 0.181. The van der Waals surface area contributed by atoms with Crippen molar-refractivity contribution in [2.45, 2.75) is 0 Å². The van der Waals surface area contributed by atoms with Crippen LogP contribution in [0, 0.1) is 0 Å². The maximum Gasteiger partial charge on any atom is 0.250 e. The van der Waals surface area contributed by atoms with E-state index in [1.54, 1.807) is 47.0 Å². The number of rotatable bonds is 4. The first-order chi connectivity index (χ1) is 13.9. The Morgan fingerprint density at radius 2 is 1.83 bits per heavy atom. The van der Waals surface area contributed by atoms with Crippen LogP contribution in [0.25, 0.3) is 22.3 Å². The first-order valence-corrected chi connectivity index (χ1v) is 10.5. The van der Waals surface area contributed by atoms with Gasteiger partial charge in [-0.3, -0.25) is 10.1 Å². The highest BCUT2D eigenvalue weighted by Gasteiger charge is 2.15. The Bertz CT molecular complexity index is 1260. The lowest BCUT2D eigenvalue weighted by Gasteiger charge is -2.02. The number of halogens is 4. The minimum atomic E-state index is -0.378. The number of carbonyl (C=O) groups excluding carboxylic acids is 1. The van der Waals surface area contributed by atoms with E-state index >= 15 is 0 Å². The van der Waals surface area contributed by atoms with Gasteiger partial charge in [-0.05, 0) is 42.0 Å². The van der Waals surface area contributed by atoms with Gasteiger partial charge in [-0.1, -0.05) is 52.5 Å². The largest absolute Gasteiger partial charge is 0.290 e. The average Bonchev–Trinajstić information content (AvgIpc) is 3.25. The fraction of sp³-hybridized carbons (Fsp3) is 0. The molecule has 0 saturated carbocycles. The molecule has 0 spiro atoms. The molecule has 0 aliphatic rings. The van der Waals surface area contributed by atoms with Crippen LogP contribution in [0.5, 0.6) is 0 Å². The molecule has 0 bridgehead atoms. The quantitative estimate of drug-likeness (QED) is 0.327. The van der Waals surface area contributed by atoms with Crippen LogP contribution in [-0.2, 0) is 4.79 Å². The SMILES string of the molecule is O=C(/C=C/c1ccc(Cl)c(Cl)c1)Nc1nc2scc(-c3cc(Cl)ccc3Cl)n2n1. The number of carbonyl (C=O) groups is 1. The van der Waals surface area contributed by atoms with Gasteiger partial charge in [0, 0.05) is 22.0 Å². The zero-order chi connectivity index (χ0) is 20.5. The van der Waals surface area contributed by atoms with Gasteiger partial charge in [0.1, 0.15) is 0 Å². The highest BCUT2D eigenvalue weighted by atomic mass is 35.5. The molecule has 2 aromatic carbocycles. The Labute approximate surface area is 189 Å². The molecule has 4 aromatic rings. The zero-order valence-corrected chi connectivity index (χ0v) is 18.2. The lowest BCUT2D eigenvalue weighted by Crippen LogP contribution is -2.09. The summed E-state index contributed by atoms with van der Waals surface area (Å²) in [6.45, 7) is 0. The van der Waals surface area contributed by atoms with Crippen LogP contribution in [0.15, 0.2) is 47.9 Å². The number of anilines is 1. The van der Waals surface area contributed by atoms with Crippen LogP contribution >= 0.6 is 57.7 Å². The third-order valence-electron chi connectivity index (χ3n) is 3.89. The van der Waals surface area contributed by atoms with Gasteiger partial charge < -0.3 is 0 Å². The summed E-state index contributed by atoms with van der Waals surface area (Å²) in [6, 6.07) is 10.3. The van der Waals surface area contributed by atoms with Crippen molar-refractivity contribution in [1.29, 1.82) is 0 Å². The molecule has 1 amide bonds. The molecule has 0 aliphatic carbocycles. The number of amides is 1. The van der Waals surface area contributed by atoms with E-state index in [2.05, 4.69) is 15.4 Å². The number of nitrogens with one attached hydrogen (secondary N) is 1. The second-order valence-electron chi connectivity index (χ2n) is 5.87. The Balaban J connectivity index is 1.55. The van der Waals surface area contributed by atoms with E-state index in [0.29, 0.717) is 25.1 Å². The maximum atomic E-state index is 12.2. The summed E-state index contributed by atoms with van der Waals surface area (Å²) >= 11 is 25.6. The Kier molecular flexibility index (Phi) is 5.81. The van der Waals surface area contributed by atoms with Crippen LogP contribution in [0.3, 0.4) is 0 Å². The molecule has 0 radical (unpaired) electrons. The monoisotopic (exact) mass is 482 g/mol. The van der Waals surface area contributed by atoms with Crippen molar-refractivity contribution in [2.75, 3.05) is 5.32 Å². The third-order valence-corrected chi connectivity index (χ3v) is 6.01. The highest BCUT2D eigenvalue weighted by molar-refractivity contribution is 7.15. The fourth-order valence-corrected chi connectivity index (χ4v) is 4.07. The van der Waals surface area contributed by atoms with E-state index in [4.69, 9.17) is 46.4 Å². The molecule has 0 saturated heterocycles. The van der Waals surface area contributed by atoms with Gasteiger partial charge in [0.05, 0.1) is 20.8 Å². The smallest absolute Gasteiger partial charge is 0.250 e. The lowest BCUT2D eigenvalue weighted by atomic mass is 10.2. The summed E-state index contributed by atoms with van der Waals surface area (Å²) in [4.78, 5) is 17.1. The van der Waals surface area contributed by atoms with Gasteiger partial charge in [0.25, 0.3) is 11.9 Å². The van der Waals surface area contributed by atoms with Gasteiger partial charge in [0.2, 0.25) is 4.96 Å². The lowest BCUT2D eigenvalue weighted by molar-refractivity contribution is -0.111. The van der Waals surface area contributed by atoms with Crippen LogP contribution in [0.4, 0.5) is 5.95 Å². The van der Waals surface area contributed by atoms with Gasteiger partial charge in [0.15, 0.2) is 0 Å². The Morgan fingerprint density at radius 1 is 1.03 bits per heavy atom. The number of hydrogen-bond donors (Lipinski definition) is 1. The second kappa shape index (κ2) is 8.34. The molecular weight excluding hydrogens is 474 g/mol. The van der Waals surface area contributed by atoms with E-state index in [9.17, 15) is 4.79 Å². The molecule has 29 heavy (non-hydrogen) atoms. The molecule has 0 aliphatic heterocycles. The van der Waals surface area contributed by atoms with Crippen molar-refractivity contribution in [3.05, 3.63) is 73.5 Å². The number of nitrogens with zero attached hydrogens (tertiary/aromatic N) is 3. The van der Waals surface area contributed by atoms with Gasteiger partial charge in [-0.25, -0.2) is 4.52 Å². The van der Waals surface area contributed by atoms with Gasteiger partial charge >= 0.3 is 0 Å². The summed E-state index contributed by atoms with van der Waals surface area (Å²) in [5.74, 6) is -0.197. The summed E-state index contributed by atoms with van der Waals surface area (Å²) in [5.41, 5.74) is 2.20. The van der Waals surface area contributed by atoms with E-state index in [-0.39, 0.29) is 11.9 Å². The molecule has 0 fully saturated rings. The summed E-state index contributed by atoms with van der Waals surface area (Å²) in [5, 5.41) is 10.8. The molecule has 10 heteroatoms. The highest BCUT2D eigenvalue weighted by Crippen LogP contribution is 2.33. The van der Waals surface area contributed by atoms with Crippen LogP contribution in [0.1, 0.15) is 5.56 Å². The first-order valence-electron chi connectivity index (χ1n) is 8.14. The van der Waals surface area contributed by atoms with Gasteiger partial charge in [-0.15, -0.1) is 16.4 Å². The van der Waals surface area contributed by atoms with E-state index in [0.717, 1.165) is 16.8 Å². The second-order valence-corrected chi connectivity index (χ2v) is 8.37. The molecular formula is C19H10Cl4N4OS. The zero-order valence-electron chi connectivity index (χ0n) is 14.4. The summed E-state index contributed by atoms with van der Waals surface area (Å²) in [6.07, 6.45) is 2.98. The molecule has 4 rings (SSSR count). The van der Waals surface area contributed by atoms with E-state index in [1.165, 1.54) is 17.4 Å². The Morgan fingerprint density at radius 3 is 2.62 bits per heavy atom. The average molecular weight is 484 g/mol. The maximum absolute atomic E-state index is 12.2. The summed E-state index contributed by atoms with van der Waals surface area (Å²) in [7, 11) is 0.